The molecular weight excluding hydrogens is 181 g/mol. The molecular formula is C10H12FN3. The van der Waals surface area contributed by atoms with Crippen LogP contribution in [0.1, 0.15) is 24.9 Å². The molecule has 2 rings (SSSR count). The van der Waals surface area contributed by atoms with Gasteiger partial charge in [-0.25, -0.2) is 0 Å². The van der Waals surface area contributed by atoms with E-state index in [1.807, 2.05) is 13.0 Å². The minimum absolute atomic E-state index is 0.0336. The lowest BCUT2D eigenvalue weighted by Crippen LogP contribution is -2.08. The maximum absolute atomic E-state index is 13.1. The Morgan fingerprint density at radius 2 is 2.36 bits per heavy atom. The summed E-state index contributed by atoms with van der Waals surface area (Å²) in [6, 6.07) is 5.38. The first-order valence-electron chi connectivity index (χ1n) is 4.61. The zero-order chi connectivity index (χ0) is 10.1. The highest BCUT2D eigenvalue weighted by Gasteiger charge is 2.08. The Morgan fingerprint density at radius 1 is 1.57 bits per heavy atom. The number of nitrogens with one attached hydrogen (secondary N) is 1. The normalized spacial score (nSPS) is 13.4. The average molecular weight is 193 g/mol. The fraction of sp³-hybridized carbons (Fsp3) is 0.300. The van der Waals surface area contributed by atoms with Crippen molar-refractivity contribution in [2.24, 2.45) is 5.73 Å². The van der Waals surface area contributed by atoms with Crippen LogP contribution < -0.4 is 5.73 Å². The maximum Gasteiger partial charge on any atom is 0.216 e. The minimum Gasteiger partial charge on any atom is -0.324 e. The first-order valence-corrected chi connectivity index (χ1v) is 4.61. The molecule has 0 aliphatic heterocycles. The summed E-state index contributed by atoms with van der Waals surface area (Å²) in [4.78, 5) is 0. The van der Waals surface area contributed by atoms with E-state index in [-0.39, 0.29) is 6.04 Å². The summed E-state index contributed by atoms with van der Waals surface area (Å²) in [5.41, 5.74) is 7.43. The summed E-state index contributed by atoms with van der Waals surface area (Å²) >= 11 is 0. The number of aromatic amines is 1. The second-order valence-electron chi connectivity index (χ2n) is 3.33. The van der Waals surface area contributed by atoms with E-state index in [9.17, 15) is 4.39 Å². The van der Waals surface area contributed by atoms with Crippen molar-refractivity contribution in [3.8, 4) is 0 Å². The SMILES string of the molecule is CCC(N)c1ccc2n[nH]c(F)c2c1. The number of nitrogens with two attached hydrogens (primary N) is 1. The van der Waals surface area contributed by atoms with Crippen molar-refractivity contribution >= 4 is 10.9 Å². The summed E-state index contributed by atoms with van der Waals surface area (Å²) in [6.07, 6.45) is 0.838. The first-order chi connectivity index (χ1) is 6.72. The third kappa shape index (κ3) is 1.37. The number of rotatable bonds is 2. The quantitative estimate of drug-likeness (QED) is 0.767. The minimum atomic E-state index is -0.398. The van der Waals surface area contributed by atoms with Gasteiger partial charge in [-0.15, -0.1) is 0 Å². The number of benzene rings is 1. The van der Waals surface area contributed by atoms with Gasteiger partial charge < -0.3 is 5.73 Å². The summed E-state index contributed by atoms with van der Waals surface area (Å²) in [7, 11) is 0. The molecule has 14 heavy (non-hydrogen) atoms. The highest BCUT2D eigenvalue weighted by Crippen LogP contribution is 2.21. The van der Waals surface area contributed by atoms with E-state index in [0.29, 0.717) is 10.9 Å². The van der Waals surface area contributed by atoms with Crippen LogP contribution in [0, 0.1) is 5.95 Å². The topological polar surface area (TPSA) is 54.7 Å². The van der Waals surface area contributed by atoms with Gasteiger partial charge in [-0.3, -0.25) is 5.10 Å². The molecule has 0 amide bonds. The Balaban J connectivity index is 2.54. The molecule has 1 atom stereocenters. The fourth-order valence-corrected chi connectivity index (χ4v) is 1.46. The lowest BCUT2D eigenvalue weighted by Gasteiger charge is -2.08. The van der Waals surface area contributed by atoms with Gasteiger partial charge in [-0.1, -0.05) is 13.0 Å². The van der Waals surface area contributed by atoms with E-state index in [1.54, 1.807) is 12.1 Å². The number of H-pyrrole nitrogens is 1. The van der Waals surface area contributed by atoms with Crippen molar-refractivity contribution in [3.63, 3.8) is 0 Å². The van der Waals surface area contributed by atoms with Crippen molar-refractivity contribution in [3.05, 3.63) is 29.7 Å². The summed E-state index contributed by atoms with van der Waals surface area (Å²) in [5.74, 6) is -0.398. The fourth-order valence-electron chi connectivity index (χ4n) is 1.46. The molecule has 74 valence electrons. The lowest BCUT2D eigenvalue weighted by molar-refractivity contribution is 0.588. The molecule has 0 fully saturated rings. The molecule has 3 N–H and O–H groups in total. The maximum atomic E-state index is 13.1. The average Bonchev–Trinajstić information content (AvgIpc) is 2.59. The Morgan fingerprint density at radius 3 is 3.07 bits per heavy atom. The predicted molar refractivity (Wildman–Crippen MR) is 53.3 cm³/mol. The molecule has 3 nitrogen and oxygen atoms in total. The van der Waals surface area contributed by atoms with Gasteiger partial charge >= 0.3 is 0 Å². The first kappa shape index (κ1) is 9.15. The zero-order valence-electron chi connectivity index (χ0n) is 7.92. The number of nitrogens with zero attached hydrogens (tertiary/aromatic N) is 1. The summed E-state index contributed by atoms with van der Waals surface area (Å²) in [6.45, 7) is 2.00. The van der Waals surface area contributed by atoms with Crippen molar-refractivity contribution in [2.75, 3.05) is 0 Å². The van der Waals surface area contributed by atoms with Crippen LogP contribution in [0.3, 0.4) is 0 Å². The van der Waals surface area contributed by atoms with E-state index >= 15 is 0 Å². The van der Waals surface area contributed by atoms with Crippen LogP contribution in [0.15, 0.2) is 18.2 Å². The number of hydrogen-bond donors (Lipinski definition) is 2. The van der Waals surface area contributed by atoms with E-state index in [2.05, 4.69) is 10.2 Å². The monoisotopic (exact) mass is 193 g/mol. The number of aromatic nitrogens is 2. The Kier molecular flexibility index (Phi) is 2.21. The van der Waals surface area contributed by atoms with Gasteiger partial charge in [-0.05, 0) is 24.1 Å². The Labute approximate surface area is 81.1 Å². The largest absolute Gasteiger partial charge is 0.324 e. The Bertz CT molecular complexity index is 450. The molecule has 2 aromatic rings. The second kappa shape index (κ2) is 3.38. The molecule has 0 aliphatic carbocycles. The van der Waals surface area contributed by atoms with Crippen LogP contribution in [0.25, 0.3) is 10.9 Å². The second-order valence-corrected chi connectivity index (χ2v) is 3.33. The molecule has 4 heteroatoms. The van der Waals surface area contributed by atoms with Gasteiger partial charge in [0.1, 0.15) is 0 Å². The molecule has 0 radical (unpaired) electrons. The zero-order valence-corrected chi connectivity index (χ0v) is 7.92. The Hall–Kier alpha value is -1.42. The van der Waals surface area contributed by atoms with Crippen molar-refractivity contribution < 1.29 is 4.39 Å². The molecule has 1 aromatic carbocycles. The van der Waals surface area contributed by atoms with Gasteiger partial charge in [-0.2, -0.15) is 9.49 Å². The van der Waals surface area contributed by atoms with Crippen LogP contribution in [-0.2, 0) is 0 Å². The van der Waals surface area contributed by atoms with Gasteiger partial charge in [0.2, 0.25) is 5.95 Å². The molecule has 0 bridgehead atoms. The molecule has 1 heterocycles. The molecule has 1 unspecified atom stereocenters. The van der Waals surface area contributed by atoms with E-state index in [1.165, 1.54) is 0 Å². The number of halogens is 1. The smallest absolute Gasteiger partial charge is 0.216 e. The van der Waals surface area contributed by atoms with E-state index < -0.39 is 5.95 Å². The molecule has 0 aliphatic rings. The molecule has 0 saturated heterocycles. The lowest BCUT2D eigenvalue weighted by atomic mass is 10.0. The number of hydrogen-bond acceptors (Lipinski definition) is 2. The van der Waals surface area contributed by atoms with Crippen molar-refractivity contribution in [2.45, 2.75) is 19.4 Å². The highest BCUT2D eigenvalue weighted by atomic mass is 19.1. The third-order valence-electron chi connectivity index (χ3n) is 2.40. The van der Waals surface area contributed by atoms with Gasteiger partial charge in [0.25, 0.3) is 0 Å². The van der Waals surface area contributed by atoms with Gasteiger partial charge in [0.05, 0.1) is 10.9 Å². The molecule has 1 aromatic heterocycles. The van der Waals surface area contributed by atoms with Gasteiger partial charge in [0.15, 0.2) is 0 Å². The van der Waals surface area contributed by atoms with Crippen LogP contribution in [0.2, 0.25) is 0 Å². The van der Waals surface area contributed by atoms with Crippen LogP contribution >= 0.6 is 0 Å². The highest BCUT2D eigenvalue weighted by molar-refractivity contribution is 5.79. The standard InChI is InChI=1S/C10H12FN3/c1-2-8(12)6-3-4-9-7(5-6)10(11)14-13-9/h3-5,8H,2,12H2,1H3,(H,13,14). The van der Waals surface area contributed by atoms with Crippen LogP contribution in [0.5, 0.6) is 0 Å². The summed E-state index contributed by atoms with van der Waals surface area (Å²) in [5, 5.41) is 6.61. The van der Waals surface area contributed by atoms with Gasteiger partial charge in [0, 0.05) is 6.04 Å². The number of fused-ring (bicyclic) bond motifs is 1. The van der Waals surface area contributed by atoms with Crippen molar-refractivity contribution in [1.29, 1.82) is 0 Å². The van der Waals surface area contributed by atoms with E-state index in [4.69, 9.17) is 5.73 Å². The summed E-state index contributed by atoms with van der Waals surface area (Å²) < 4.78 is 13.1. The third-order valence-corrected chi connectivity index (χ3v) is 2.40. The van der Waals surface area contributed by atoms with Crippen molar-refractivity contribution in [1.82, 2.24) is 10.2 Å². The van der Waals surface area contributed by atoms with Crippen LogP contribution in [0.4, 0.5) is 4.39 Å². The van der Waals surface area contributed by atoms with Crippen LogP contribution in [-0.4, -0.2) is 10.2 Å². The molecule has 0 saturated carbocycles. The molecule has 0 spiro atoms. The van der Waals surface area contributed by atoms with E-state index in [0.717, 1.165) is 12.0 Å². The predicted octanol–water partition coefficient (Wildman–Crippen LogP) is 2.11.